The molecule has 0 spiro atoms. The third kappa shape index (κ3) is 13.6. The Bertz CT molecular complexity index is 1160. The Balaban J connectivity index is 2.62. The molecule has 0 aliphatic carbocycles. The molecule has 0 aromatic heterocycles. The quantitative estimate of drug-likeness (QED) is 0.0878. The monoisotopic (exact) mass is 633 g/mol. The second-order valence-corrected chi connectivity index (χ2v) is 13.6. The largest absolute Gasteiger partial charge is 0.465 e. The third-order valence-electron chi connectivity index (χ3n) is 6.25. The molecule has 1 aliphatic rings. The molecule has 0 aromatic rings. The van der Waals surface area contributed by atoms with Crippen LogP contribution in [0.1, 0.15) is 86.5 Å². The van der Waals surface area contributed by atoms with Crippen molar-refractivity contribution in [2.24, 2.45) is 17.3 Å². The van der Waals surface area contributed by atoms with Crippen molar-refractivity contribution in [1.82, 2.24) is 15.7 Å². The first kappa shape index (κ1) is 37.6. The molecule has 4 amide bonds. The Hall–Kier alpha value is -3.40. The molecule has 43 heavy (non-hydrogen) atoms. The number of nitrogens with one attached hydrogen (secondary N) is 2. The Morgan fingerprint density at radius 3 is 2.09 bits per heavy atom. The lowest BCUT2D eigenvalue weighted by Gasteiger charge is -2.23. The molecule has 1 fully saturated rings. The number of esters is 1. The topological polar surface area (TPSA) is 220 Å². The smallest absolute Gasteiger partial charge is 0.353 e. The number of hydrogen-bond donors (Lipinski definition) is 3. The lowest BCUT2D eigenvalue weighted by molar-refractivity contribution is -0.197. The van der Waals surface area contributed by atoms with Crippen molar-refractivity contribution in [1.29, 1.82) is 0 Å². The highest BCUT2D eigenvalue weighted by atomic mass is 32.2. The second kappa shape index (κ2) is 16.4. The van der Waals surface area contributed by atoms with Crippen LogP contribution in [-0.4, -0.2) is 83.8 Å². The highest BCUT2D eigenvalue weighted by Crippen LogP contribution is 2.18. The first-order valence-electron chi connectivity index (χ1n) is 14.0. The maximum Gasteiger partial charge on any atom is 0.353 e. The minimum absolute atomic E-state index is 0.119. The molecule has 3 atom stereocenters. The maximum absolute atomic E-state index is 12.9. The number of ether oxygens (including phenoxy) is 1. The Morgan fingerprint density at radius 2 is 1.58 bits per heavy atom. The fourth-order valence-corrected chi connectivity index (χ4v) is 4.53. The first-order valence-corrected chi connectivity index (χ1v) is 15.5. The highest BCUT2D eigenvalue weighted by Gasteiger charge is 2.39. The maximum atomic E-state index is 12.9. The van der Waals surface area contributed by atoms with Crippen LogP contribution in [0, 0.1) is 17.3 Å². The molecule has 16 heteroatoms. The Labute approximate surface area is 251 Å². The van der Waals surface area contributed by atoms with Gasteiger partial charge in [0, 0.05) is 44.6 Å². The summed E-state index contributed by atoms with van der Waals surface area (Å²) in [5.41, 5.74) is -0.159. The molecule has 1 saturated heterocycles. The summed E-state index contributed by atoms with van der Waals surface area (Å²) in [4.78, 5) is 89.9. The number of hydrogen-bond acceptors (Lipinski definition) is 11. The van der Waals surface area contributed by atoms with Crippen molar-refractivity contribution in [2.45, 2.75) is 97.8 Å². The zero-order chi connectivity index (χ0) is 33.1. The lowest BCUT2D eigenvalue weighted by atomic mass is 9.92. The summed E-state index contributed by atoms with van der Waals surface area (Å²) in [7, 11) is -5.09. The standard InChI is InChI=1S/C27H43N3O12S/c1-16(2)24(18(31)14-17(3)25(36)28-13-7-8-23(35)41-15-27(4,5)6)29-20(32)10-9-19(43(38,39)40)26(37)42-30-21(33)11-12-22(30)34/h16-17,19,24H,7-15H2,1-6H3,(H,28,36)(H,29,32)(H,38,39,40)/t17-,19?,24+/m1/s1. The van der Waals surface area contributed by atoms with E-state index in [0.717, 1.165) is 0 Å². The van der Waals surface area contributed by atoms with Crippen LogP contribution in [0.5, 0.6) is 0 Å². The molecule has 0 aromatic carbocycles. The zero-order valence-corrected chi connectivity index (χ0v) is 26.3. The van der Waals surface area contributed by atoms with E-state index in [9.17, 15) is 46.5 Å². The van der Waals surface area contributed by atoms with Gasteiger partial charge in [-0.2, -0.15) is 8.42 Å². The molecule has 1 rings (SSSR count). The van der Waals surface area contributed by atoms with Crippen LogP contribution in [0.4, 0.5) is 0 Å². The van der Waals surface area contributed by atoms with Gasteiger partial charge in [-0.15, -0.1) is 5.06 Å². The average Bonchev–Trinajstić information content (AvgIpc) is 3.18. The molecule has 1 aliphatic heterocycles. The molecule has 1 unspecified atom stereocenters. The van der Waals surface area contributed by atoms with Crippen LogP contribution in [0.15, 0.2) is 0 Å². The van der Waals surface area contributed by atoms with E-state index in [2.05, 4.69) is 15.5 Å². The number of nitrogens with zero attached hydrogens (tertiary/aromatic N) is 1. The van der Waals surface area contributed by atoms with Crippen LogP contribution in [0.25, 0.3) is 0 Å². The number of hydroxylamine groups is 2. The molecule has 0 bridgehead atoms. The van der Waals surface area contributed by atoms with Gasteiger partial charge in [0.2, 0.25) is 11.8 Å². The number of imide groups is 1. The van der Waals surface area contributed by atoms with Gasteiger partial charge in [0.05, 0.1) is 12.6 Å². The molecule has 0 radical (unpaired) electrons. The molecule has 15 nitrogen and oxygen atoms in total. The van der Waals surface area contributed by atoms with E-state index < -0.39 is 81.5 Å². The van der Waals surface area contributed by atoms with Gasteiger partial charge in [0.15, 0.2) is 11.0 Å². The van der Waals surface area contributed by atoms with Gasteiger partial charge in [0.1, 0.15) is 0 Å². The van der Waals surface area contributed by atoms with E-state index in [0.29, 0.717) is 6.42 Å². The van der Waals surface area contributed by atoms with E-state index in [1.165, 1.54) is 6.92 Å². The zero-order valence-electron chi connectivity index (χ0n) is 25.5. The van der Waals surface area contributed by atoms with Crippen LogP contribution in [0.2, 0.25) is 0 Å². The van der Waals surface area contributed by atoms with E-state index >= 15 is 0 Å². The fourth-order valence-electron chi connectivity index (χ4n) is 3.83. The van der Waals surface area contributed by atoms with Crippen LogP contribution >= 0.6 is 0 Å². The molecule has 0 saturated carbocycles. The summed E-state index contributed by atoms with van der Waals surface area (Å²) >= 11 is 0. The van der Waals surface area contributed by atoms with Crippen molar-refractivity contribution in [3.05, 3.63) is 0 Å². The SMILES string of the molecule is CC(C)[C@H](NC(=O)CCC(C(=O)ON1C(=O)CCC1=O)S(=O)(=O)O)C(=O)C[C@@H](C)C(=O)NCCCC(=O)OCC(C)(C)C. The summed E-state index contributed by atoms with van der Waals surface area (Å²) in [6, 6.07) is -1.05. The normalized spacial score (nSPS) is 16.0. The van der Waals surface area contributed by atoms with Gasteiger partial charge >= 0.3 is 11.9 Å². The van der Waals surface area contributed by atoms with E-state index in [-0.39, 0.29) is 55.3 Å². The van der Waals surface area contributed by atoms with Gasteiger partial charge in [-0.05, 0) is 24.2 Å². The summed E-state index contributed by atoms with van der Waals surface area (Å²) in [5.74, 6) is -6.59. The van der Waals surface area contributed by atoms with Crippen molar-refractivity contribution in [2.75, 3.05) is 13.2 Å². The van der Waals surface area contributed by atoms with Gasteiger partial charge in [-0.1, -0.05) is 41.5 Å². The fraction of sp³-hybridized carbons (Fsp3) is 0.741. The summed E-state index contributed by atoms with van der Waals surface area (Å²) in [6.45, 7) is 11.1. The number of Topliss-reactive ketones (excluding diaryl/α,β-unsaturated/α-hetero) is 1. The summed E-state index contributed by atoms with van der Waals surface area (Å²) < 4.78 is 38.2. The highest BCUT2D eigenvalue weighted by molar-refractivity contribution is 7.87. The van der Waals surface area contributed by atoms with Gasteiger partial charge in [0.25, 0.3) is 21.9 Å². The Morgan fingerprint density at radius 1 is 1.00 bits per heavy atom. The van der Waals surface area contributed by atoms with Gasteiger partial charge < -0.3 is 20.2 Å². The van der Waals surface area contributed by atoms with E-state index in [4.69, 9.17) is 4.74 Å². The first-order chi connectivity index (χ1) is 19.7. The van der Waals surface area contributed by atoms with Crippen LogP contribution in [-0.2, 0) is 53.3 Å². The Kier molecular flexibility index (Phi) is 14.4. The minimum atomic E-state index is -5.09. The van der Waals surface area contributed by atoms with Crippen molar-refractivity contribution >= 4 is 51.5 Å². The van der Waals surface area contributed by atoms with Gasteiger partial charge in [-0.25, -0.2) is 4.79 Å². The number of amides is 4. The average molecular weight is 634 g/mol. The predicted molar refractivity (Wildman–Crippen MR) is 150 cm³/mol. The van der Waals surface area contributed by atoms with E-state index in [1.54, 1.807) is 13.8 Å². The number of ketones is 1. The lowest BCUT2D eigenvalue weighted by Crippen LogP contribution is -2.46. The third-order valence-corrected chi connectivity index (χ3v) is 7.40. The summed E-state index contributed by atoms with van der Waals surface area (Å²) in [5, 5.41) is 2.97. The van der Waals surface area contributed by atoms with Crippen LogP contribution < -0.4 is 10.6 Å². The molecule has 3 N–H and O–H groups in total. The molecule has 244 valence electrons. The van der Waals surface area contributed by atoms with Crippen molar-refractivity contribution in [3.63, 3.8) is 0 Å². The predicted octanol–water partition coefficient (Wildman–Crippen LogP) is 0.852. The van der Waals surface area contributed by atoms with Crippen molar-refractivity contribution < 1.29 is 56.1 Å². The number of rotatable bonds is 17. The molecular weight excluding hydrogens is 590 g/mol. The van der Waals surface area contributed by atoms with Gasteiger partial charge in [-0.3, -0.25) is 33.3 Å². The minimum Gasteiger partial charge on any atom is -0.465 e. The summed E-state index contributed by atoms with van der Waals surface area (Å²) in [6.07, 6.45) is -1.61. The number of carbonyl (C=O) groups is 7. The van der Waals surface area contributed by atoms with Crippen LogP contribution in [0.3, 0.4) is 0 Å². The number of carbonyl (C=O) groups excluding carboxylic acids is 7. The molecule has 1 heterocycles. The molecular formula is C27H43N3O12S. The van der Waals surface area contributed by atoms with E-state index in [1.807, 2.05) is 20.8 Å². The van der Waals surface area contributed by atoms with Crippen molar-refractivity contribution in [3.8, 4) is 0 Å². The second-order valence-electron chi connectivity index (χ2n) is 12.0.